The maximum absolute atomic E-state index is 12.4. The average Bonchev–Trinajstić information content (AvgIpc) is 2.76. The number of carbonyl (C=O) groups is 1. The van der Waals surface area contributed by atoms with E-state index in [9.17, 15) is 4.79 Å². The summed E-state index contributed by atoms with van der Waals surface area (Å²) in [6.45, 7) is 2.62. The van der Waals surface area contributed by atoms with E-state index in [-0.39, 0.29) is 6.03 Å². The van der Waals surface area contributed by atoms with E-state index in [4.69, 9.17) is 23.2 Å². The van der Waals surface area contributed by atoms with Crippen LogP contribution in [0, 0.1) is 0 Å². The molecule has 0 spiro atoms. The molecule has 2 amide bonds. The number of hydrogen-bond acceptors (Lipinski definition) is 4. The molecule has 148 valence electrons. The first-order chi connectivity index (χ1) is 14.1. The van der Waals surface area contributed by atoms with E-state index in [1.54, 1.807) is 29.2 Å². The highest BCUT2D eigenvalue weighted by Gasteiger charge is 2.22. The second-order valence-corrected chi connectivity index (χ2v) is 7.57. The number of hydrogen-bond donors (Lipinski definition) is 1. The van der Waals surface area contributed by atoms with Crippen LogP contribution in [0.5, 0.6) is 0 Å². The van der Waals surface area contributed by atoms with Crippen molar-refractivity contribution in [2.75, 3.05) is 36.4 Å². The smallest absolute Gasteiger partial charge is 0.321 e. The van der Waals surface area contributed by atoms with Gasteiger partial charge < -0.3 is 15.1 Å². The number of aromatic nitrogens is 2. The summed E-state index contributed by atoms with van der Waals surface area (Å²) in [4.78, 5) is 16.4. The molecule has 3 aromatic rings. The summed E-state index contributed by atoms with van der Waals surface area (Å²) >= 11 is 11.8. The summed E-state index contributed by atoms with van der Waals surface area (Å²) in [7, 11) is 0. The van der Waals surface area contributed by atoms with E-state index in [0.717, 1.165) is 22.8 Å². The Balaban J connectivity index is 1.33. The van der Waals surface area contributed by atoms with Crippen LogP contribution >= 0.6 is 23.2 Å². The topological polar surface area (TPSA) is 61.4 Å². The summed E-state index contributed by atoms with van der Waals surface area (Å²) in [5.41, 5.74) is 2.49. The number of halogens is 2. The number of carbonyl (C=O) groups excluding carboxylic acids is 1. The first kappa shape index (κ1) is 19.5. The zero-order valence-corrected chi connectivity index (χ0v) is 17.1. The van der Waals surface area contributed by atoms with Gasteiger partial charge in [-0.15, -0.1) is 10.2 Å². The van der Waals surface area contributed by atoms with Gasteiger partial charge in [0.15, 0.2) is 5.82 Å². The van der Waals surface area contributed by atoms with E-state index in [0.29, 0.717) is 36.2 Å². The quantitative estimate of drug-likeness (QED) is 0.651. The van der Waals surface area contributed by atoms with Crippen molar-refractivity contribution in [2.24, 2.45) is 0 Å². The SMILES string of the molecule is O=C(Nc1ccc(Cl)cc1)N1CCN(c2ccc(-c3ccc(Cl)cc3)nn2)CC1. The highest BCUT2D eigenvalue weighted by Crippen LogP contribution is 2.21. The summed E-state index contributed by atoms with van der Waals surface area (Å²) < 4.78 is 0. The number of rotatable bonds is 3. The molecule has 0 radical (unpaired) electrons. The zero-order valence-electron chi connectivity index (χ0n) is 15.6. The molecule has 1 aliphatic rings. The van der Waals surface area contributed by atoms with E-state index < -0.39 is 0 Å². The van der Waals surface area contributed by atoms with Gasteiger partial charge in [-0.3, -0.25) is 0 Å². The summed E-state index contributed by atoms with van der Waals surface area (Å²) in [5, 5.41) is 12.9. The molecule has 0 aliphatic carbocycles. The van der Waals surface area contributed by atoms with Crippen molar-refractivity contribution in [2.45, 2.75) is 0 Å². The Bertz CT molecular complexity index is 969. The van der Waals surface area contributed by atoms with Crippen LogP contribution in [0.25, 0.3) is 11.3 Å². The van der Waals surface area contributed by atoms with Gasteiger partial charge in [0.05, 0.1) is 5.69 Å². The molecule has 1 fully saturated rings. The van der Waals surface area contributed by atoms with Gasteiger partial charge in [-0.1, -0.05) is 35.3 Å². The lowest BCUT2D eigenvalue weighted by Gasteiger charge is -2.35. The average molecular weight is 428 g/mol. The molecule has 0 unspecified atom stereocenters. The highest BCUT2D eigenvalue weighted by molar-refractivity contribution is 6.30. The van der Waals surface area contributed by atoms with Crippen LogP contribution in [0.15, 0.2) is 60.7 Å². The first-order valence-corrected chi connectivity index (χ1v) is 10.0. The maximum Gasteiger partial charge on any atom is 0.321 e. The molecule has 4 rings (SSSR count). The van der Waals surface area contributed by atoms with Crippen molar-refractivity contribution in [1.82, 2.24) is 15.1 Å². The molecule has 6 nitrogen and oxygen atoms in total. The minimum Gasteiger partial charge on any atom is -0.352 e. The van der Waals surface area contributed by atoms with Crippen LogP contribution in [0.3, 0.4) is 0 Å². The third-order valence-electron chi connectivity index (χ3n) is 4.78. The molecule has 0 bridgehead atoms. The third kappa shape index (κ3) is 4.78. The van der Waals surface area contributed by atoms with E-state index in [2.05, 4.69) is 20.4 Å². The van der Waals surface area contributed by atoms with Crippen LogP contribution in [0.2, 0.25) is 10.0 Å². The van der Waals surface area contributed by atoms with Crippen molar-refractivity contribution >= 4 is 40.7 Å². The molecule has 8 heteroatoms. The fraction of sp³-hybridized carbons (Fsp3) is 0.190. The number of piperazine rings is 1. The lowest BCUT2D eigenvalue weighted by atomic mass is 10.1. The largest absolute Gasteiger partial charge is 0.352 e. The van der Waals surface area contributed by atoms with Crippen molar-refractivity contribution < 1.29 is 4.79 Å². The van der Waals surface area contributed by atoms with Gasteiger partial charge in [0.25, 0.3) is 0 Å². The van der Waals surface area contributed by atoms with Crippen molar-refractivity contribution in [1.29, 1.82) is 0 Å². The van der Waals surface area contributed by atoms with E-state index in [1.807, 2.05) is 36.4 Å². The molecule has 2 aromatic carbocycles. The number of benzene rings is 2. The molecular weight excluding hydrogens is 409 g/mol. The van der Waals surface area contributed by atoms with Crippen LogP contribution in [-0.2, 0) is 0 Å². The Morgan fingerprint density at radius 3 is 2.00 bits per heavy atom. The Kier molecular flexibility index (Phi) is 5.83. The van der Waals surface area contributed by atoms with Gasteiger partial charge in [0.1, 0.15) is 0 Å². The van der Waals surface area contributed by atoms with Crippen molar-refractivity contribution in [3.05, 3.63) is 70.7 Å². The van der Waals surface area contributed by atoms with Crippen molar-refractivity contribution in [3.8, 4) is 11.3 Å². The normalized spacial score (nSPS) is 14.0. The summed E-state index contributed by atoms with van der Waals surface area (Å²) in [6, 6.07) is 18.4. The van der Waals surface area contributed by atoms with Gasteiger partial charge in [0.2, 0.25) is 0 Å². The minimum absolute atomic E-state index is 0.115. The van der Waals surface area contributed by atoms with Crippen molar-refractivity contribution in [3.63, 3.8) is 0 Å². The fourth-order valence-electron chi connectivity index (χ4n) is 3.14. The zero-order chi connectivity index (χ0) is 20.2. The van der Waals surface area contributed by atoms with E-state index >= 15 is 0 Å². The standard InChI is InChI=1S/C21H19Cl2N5O/c22-16-3-1-15(2-4-16)19-9-10-20(26-25-19)27-11-13-28(14-12-27)21(29)24-18-7-5-17(23)6-8-18/h1-10H,11-14H2,(H,24,29). The minimum atomic E-state index is -0.115. The Morgan fingerprint density at radius 2 is 1.41 bits per heavy atom. The van der Waals surface area contributed by atoms with Gasteiger partial charge in [-0.05, 0) is 48.5 Å². The molecule has 29 heavy (non-hydrogen) atoms. The summed E-state index contributed by atoms with van der Waals surface area (Å²) in [5.74, 6) is 0.806. The Morgan fingerprint density at radius 1 is 0.793 bits per heavy atom. The number of amides is 2. The first-order valence-electron chi connectivity index (χ1n) is 9.24. The van der Waals surface area contributed by atoms with Gasteiger partial charge >= 0.3 is 6.03 Å². The lowest BCUT2D eigenvalue weighted by Crippen LogP contribution is -2.50. The van der Waals surface area contributed by atoms with Crippen LogP contribution in [-0.4, -0.2) is 47.3 Å². The van der Waals surface area contributed by atoms with Crippen LogP contribution in [0.4, 0.5) is 16.3 Å². The number of urea groups is 1. The second-order valence-electron chi connectivity index (χ2n) is 6.69. The molecule has 1 N–H and O–H groups in total. The number of nitrogens with one attached hydrogen (secondary N) is 1. The molecule has 1 aliphatic heterocycles. The molecule has 2 heterocycles. The highest BCUT2D eigenvalue weighted by atomic mass is 35.5. The van der Waals surface area contributed by atoms with E-state index in [1.165, 1.54) is 0 Å². The number of anilines is 2. The lowest BCUT2D eigenvalue weighted by molar-refractivity contribution is 0.208. The maximum atomic E-state index is 12.4. The van der Waals surface area contributed by atoms with Gasteiger partial charge in [-0.25, -0.2) is 4.79 Å². The Labute approximate surface area is 179 Å². The third-order valence-corrected chi connectivity index (χ3v) is 5.28. The van der Waals surface area contributed by atoms with Crippen LogP contribution in [0.1, 0.15) is 0 Å². The van der Waals surface area contributed by atoms with Crippen LogP contribution < -0.4 is 10.2 Å². The molecular formula is C21H19Cl2N5O. The monoisotopic (exact) mass is 427 g/mol. The second kappa shape index (κ2) is 8.68. The Hall–Kier alpha value is -2.83. The predicted octanol–water partition coefficient (Wildman–Crippen LogP) is 4.80. The summed E-state index contributed by atoms with van der Waals surface area (Å²) in [6.07, 6.45) is 0. The number of nitrogens with zero attached hydrogens (tertiary/aromatic N) is 4. The molecule has 1 saturated heterocycles. The fourth-order valence-corrected chi connectivity index (χ4v) is 3.39. The predicted molar refractivity (Wildman–Crippen MR) is 117 cm³/mol. The van der Waals surface area contributed by atoms with Gasteiger partial charge in [-0.2, -0.15) is 0 Å². The van der Waals surface area contributed by atoms with Gasteiger partial charge in [0, 0.05) is 47.5 Å². The molecule has 1 aromatic heterocycles. The molecule has 0 atom stereocenters. The molecule has 0 saturated carbocycles.